The van der Waals surface area contributed by atoms with Crippen LogP contribution < -0.4 is 4.90 Å². The Balaban J connectivity index is 1.77. The summed E-state index contributed by atoms with van der Waals surface area (Å²) in [6, 6.07) is 5.91. The van der Waals surface area contributed by atoms with E-state index in [0.717, 1.165) is 22.6 Å². The minimum Gasteiger partial charge on any atom is -0.365 e. The maximum Gasteiger partial charge on any atom is 0.253 e. The number of ether oxygens (including phenoxy) is 1. The first-order chi connectivity index (χ1) is 13.3. The van der Waals surface area contributed by atoms with Crippen LogP contribution in [-0.4, -0.2) is 65.2 Å². The smallest absolute Gasteiger partial charge is 0.253 e. The third-order valence-corrected chi connectivity index (χ3v) is 4.78. The molecule has 0 aliphatic carbocycles. The zero-order valence-electron chi connectivity index (χ0n) is 17.3. The number of aromatic nitrogens is 3. The van der Waals surface area contributed by atoms with Crippen LogP contribution in [0.1, 0.15) is 25.2 Å². The van der Waals surface area contributed by atoms with Gasteiger partial charge in [0.1, 0.15) is 0 Å². The Morgan fingerprint density at radius 2 is 2.07 bits per heavy atom. The fourth-order valence-electron chi connectivity index (χ4n) is 3.47. The molecule has 1 atom stereocenters. The second kappa shape index (κ2) is 8.65. The number of anilines is 1. The first-order valence-electron chi connectivity index (χ1n) is 9.74. The van der Waals surface area contributed by atoms with Gasteiger partial charge in [0, 0.05) is 43.3 Å². The van der Waals surface area contributed by atoms with Crippen molar-refractivity contribution in [3.63, 3.8) is 0 Å². The van der Waals surface area contributed by atoms with Gasteiger partial charge in [0.25, 0.3) is 5.91 Å². The summed E-state index contributed by atoms with van der Waals surface area (Å²) in [5.74, 6) is 1.04. The molecular formula is C21H29N5O2. The van der Waals surface area contributed by atoms with Gasteiger partial charge in [-0.05, 0) is 38.0 Å². The highest BCUT2D eigenvalue weighted by Gasteiger charge is 2.30. The highest BCUT2D eigenvalue weighted by Crippen LogP contribution is 2.23. The van der Waals surface area contributed by atoms with Crippen LogP contribution in [0.4, 0.5) is 5.95 Å². The third kappa shape index (κ3) is 4.65. The van der Waals surface area contributed by atoms with Crippen LogP contribution in [-0.2, 0) is 9.53 Å². The van der Waals surface area contributed by atoms with Gasteiger partial charge in [0.05, 0.1) is 18.8 Å². The molecule has 1 amide bonds. The first-order valence-corrected chi connectivity index (χ1v) is 9.74. The number of likely N-dealkylation sites (N-methyl/N-ethyl adjacent to an activating group) is 1. The summed E-state index contributed by atoms with van der Waals surface area (Å²) in [5, 5.41) is 0. The van der Waals surface area contributed by atoms with Crippen LogP contribution in [0.2, 0.25) is 0 Å². The molecule has 0 radical (unpaired) electrons. The number of hydrogen-bond donors (Lipinski definition) is 0. The number of nitrogens with zero attached hydrogens (tertiary/aromatic N) is 5. The van der Waals surface area contributed by atoms with Crippen molar-refractivity contribution in [3.8, 4) is 11.3 Å². The molecule has 0 spiro atoms. The summed E-state index contributed by atoms with van der Waals surface area (Å²) in [6.45, 7) is 10.5. The number of hydrogen-bond acceptors (Lipinski definition) is 6. The second-order valence-corrected chi connectivity index (χ2v) is 7.75. The molecule has 3 heterocycles. The lowest BCUT2D eigenvalue weighted by molar-refractivity contribution is -0.143. The molecule has 1 aliphatic heterocycles. The lowest BCUT2D eigenvalue weighted by Gasteiger charge is -2.34. The molecule has 0 saturated carbocycles. The third-order valence-electron chi connectivity index (χ3n) is 4.78. The molecule has 0 unspecified atom stereocenters. The van der Waals surface area contributed by atoms with Crippen molar-refractivity contribution < 1.29 is 9.53 Å². The number of rotatable bonds is 5. The summed E-state index contributed by atoms with van der Waals surface area (Å²) in [4.78, 5) is 30.2. The largest absolute Gasteiger partial charge is 0.365 e. The summed E-state index contributed by atoms with van der Waals surface area (Å²) in [5.41, 5.74) is 3.75. The van der Waals surface area contributed by atoms with E-state index in [0.29, 0.717) is 38.1 Å². The lowest BCUT2D eigenvalue weighted by atomic mass is 10.1. The summed E-state index contributed by atoms with van der Waals surface area (Å²) >= 11 is 0. The van der Waals surface area contributed by atoms with Gasteiger partial charge in [0.2, 0.25) is 5.95 Å². The van der Waals surface area contributed by atoms with Gasteiger partial charge in [-0.3, -0.25) is 9.78 Å². The van der Waals surface area contributed by atoms with Crippen molar-refractivity contribution in [3.05, 3.63) is 35.8 Å². The predicted octanol–water partition coefficient (Wildman–Crippen LogP) is 2.48. The van der Waals surface area contributed by atoms with Crippen LogP contribution in [0.25, 0.3) is 11.3 Å². The topological polar surface area (TPSA) is 71.5 Å². The molecule has 1 aliphatic rings. The molecule has 150 valence electrons. The van der Waals surface area contributed by atoms with Crippen molar-refractivity contribution in [2.45, 2.75) is 33.8 Å². The summed E-state index contributed by atoms with van der Waals surface area (Å²) in [7, 11) is 1.83. The first kappa shape index (κ1) is 20.2. The maximum atomic E-state index is 12.7. The van der Waals surface area contributed by atoms with E-state index in [1.165, 1.54) is 0 Å². The van der Waals surface area contributed by atoms with E-state index < -0.39 is 6.10 Å². The van der Waals surface area contributed by atoms with Gasteiger partial charge in [-0.25, -0.2) is 9.97 Å². The monoisotopic (exact) mass is 383 g/mol. The SMILES string of the molecule is Cc1ccc(-c2ccnc(N3CCO[C@@H](C(=O)N(C)CC(C)C)C3)n2)c(C)n1. The fraction of sp³-hybridized carbons (Fsp3) is 0.524. The molecule has 0 bridgehead atoms. The number of aryl methyl sites for hydroxylation is 2. The number of amides is 1. The zero-order chi connectivity index (χ0) is 20.3. The van der Waals surface area contributed by atoms with Crippen molar-refractivity contribution in [2.75, 3.05) is 38.2 Å². The van der Waals surface area contributed by atoms with Crippen LogP contribution in [0.15, 0.2) is 24.4 Å². The predicted molar refractivity (Wildman–Crippen MR) is 109 cm³/mol. The Morgan fingerprint density at radius 3 is 2.79 bits per heavy atom. The molecule has 0 aromatic carbocycles. The van der Waals surface area contributed by atoms with Crippen LogP contribution in [0, 0.1) is 19.8 Å². The number of morpholine rings is 1. The van der Waals surface area contributed by atoms with Crippen molar-refractivity contribution in [1.29, 1.82) is 0 Å². The van der Waals surface area contributed by atoms with E-state index in [1.54, 1.807) is 11.1 Å². The van der Waals surface area contributed by atoms with Crippen LogP contribution >= 0.6 is 0 Å². The van der Waals surface area contributed by atoms with E-state index in [9.17, 15) is 4.79 Å². The Hall–Kier alpha value is -2.54. The average molecular weight is 383 g/mol. The quantitative estimate of drug-likeness (QED) is 0.790. The highest BCUT2D eigenvalue weighted by molar-refractivity contribution is 5.81. The van der Waals surface area contributed by atoms with E-state index in [1.807, 2.05) is 44.0 Å². The normalized spacial score (nSPS) is 17.1. The minimum atomic E-state index is -0.493. The molecule has 1 fully saturated rings. The van der Waals surface area contributed by atoms with E-state index in [-0.39, 0.29) is 5.91 Å². The minimum absolute atomic E-state index is 0.00753. The Morgan fingerprint density at radius 1 is 1.29 bits per heavy atom. The molecule has 1 saturated heterocycles. The standard InChI is InChI=1S/C21H29N5O2/c1-14(2)12-25(5)20(27)19-13-26(10-11-28-19)21-22-9-8-18(24-21)17-7-6-15(3)23-16(17)4/h6-9,14,19H,10-13H2,1-5H3/t19-/m1/s1. The summed E-state index contributed by atoms with van der Waals surface area (Å²) < 4.78 is 5.74. The number of carbonyl (C=O) groups excluding carboxylic acids is 1. The molecule has 7 heteroatoms. The zero-order valence-corrected chi connectivity index (χ0v) is 17.3. The molecule has 3 rings (SSSR count). The molecular weight excluding hydrogens is 354 g/mol. The van der Waals surface area contributed by atoms with Gasteiger partial charge in [-0.15, -0.1) is 0 Å². The number of carbonyl (C=O) groups is 1. The average Bonchev–Trinajstić information content (AvgIpc) is 2.67. The second-order valence-electron chi connectivity index (χ2n) is 7.75. The Bertz CT molecular complexity index is 839. The van der Waals surface area contributed by atoms with E-state index in [2.05, 4.69) is 23.8 Å². The molecule has 28 heavy (non-hydrogen) atoms. The van der Waals surface area contributed by atoms with E-state index >= 15 is 0 Å². The van der Waals surface area contributed by atoms with Crippen molar-refractivity contribution >= 4 is 11.9 Å². The van der Waals surface area contributed by atoms with Crippen LogP contribution in [0.5, 0.6) is 0 Å². The van der Waals surface area contributed by atoms with Gasteiger partial charge in [0.15, 0.2) is 6.10 Å². The van der Waals surface area contributed by atoms with Gasteiger partial charge in [-0.2, -0.15) is 0 Å². The molecule has 2 aromatic rings. The van der Waals surface area contributed by atoms with E-state index in [4.69, 9.17) is 9.72 Å². The van der Waals surface area contributed by atoms with Crippen molar-refractivity contribution in [2.24, 2.45) is 5.92 Å². The molecule has 0 N–H and O–H groups in total. The Labute approximate surface area is 166 Å². The van der Waals surface area contributed by atoms with Crippen molar-refractivity contribution in [1.82, 2.24) is 19.9 Å². The number of pyridine rings is 1. The molecule has 2 aromatic heterocycles. The van der Waals surface area contributed by atoms with Gasteiger partial charge in [-0.1, -0.05) is 13.8 Å². The van der Waals surface area contributed by atoms with Gasteiger partial charge >= 0.3 is 0 Å². The molecule has 7 nitrogen and oxygen atoms in total. The fourth-order valence-corrected chi connectivity index (χ4v) is 3.47. The summed E-state index contributed by atoms with van der Waals surface area (Å²) in [6.07, 6.45) is 1.27. The maximum absolute atomic E-state index is 12.7. The van der Waals surface area contributed by atoms with Gasteiger partial charge < -0.3 is 14.5 Å². The Kier molecular flexibility index (Phi) is 6.24. The highest BCUT2D eigenvalue weighted by atomic mass is 16.5. The lowest BCUT2D eigenvalue weighted by Crippen LogP contribution is -2.51. The van der Waals surface area contributed by atoms with Crippen LogP contribution in [0.3, 0.4) is 0 Å².